The van der Waals surface area contributed by atoms with Crippen LogP contribution in [0.15, 0.2) is 24.3 Å². The number of non-ortho nitro benzene ring substituents is 1. The highest BCUT2D eigenvalue weighted by molar-refractivity contribution is 7.99. The summed E-state index contributed by atoms with van der Waals surface area (Å²) in [4.78, 5) is 20.7. The molecule has 7 heteroatoms. The lowest BCUT2D eigenvalue weighted by molar-refractivity contribution is -0.384. The predicted molar refractivity (Wildman–Crippen MR) is 61.6 cm³/mol. The fraction of sp³-hybridized carbons (Fsp3) is 0.222. The number of rotatable bonds is 5. The van der Waals surface area contributed by atoms with Gasteiger partial charge in [0.25, 0.3) is 5.69 Å². The van der Waals surface area contributed by atoms with E-state index in [1.54, 1.807) is 12.1 Å². The number of nitrogens with zero attached hydrogens (tertiary/aromatic N) is 1. The maximum absolute atomic E-state index is 10.8. The molecule has 0 radical (unpaired) electrons. The molecular formula is C9H11N3O3S. The van der Waals surface area contributed by atoms with Crippen LogP contribution in [0.5, 0.6) is 0 Å². The number of nitrogens with two attached hydrogens (primary N) is 1. The third-order valence-electron chi connectivity index (χ3n) is 1.81. The summed E-state index contributed by atoms with van der Waals surface area (Å²) in [5.74, 6) is 5.56. The van der Waals surface area contributed by atoms with Gasteiger partial charge in [0.2, 0.25) is 5.91 Å². The molecule has 0 fully saturated rings. The first-order chi connectivity index (χ1) is 7.63. The second-order valence-corrected chi connectivity index (χ2v) is 3.97. The van der Waals surface area contributed by atoms with Crippen LogP contribution in [0.3, 0.4) is 0 Å². The van der Waals surface area contributed by atoms with Gasteiger partial charge in [-0.1, -0.05) is 12.1 Å². The third-order valence-corrected chi connectivity index (χ3v) is 2.81. The predicted octanol–water partition coefficient (Wildman–Crippen LogP) is 0.818. The molecule has 0 heterocycles. The number of amides is 1. The van der Waals surface area contributed by atoms with E-state index in [0.29, 0.717) is 5.75 Å². The Morgan fingerprint density at radius 2 is 2.06 bits per heavy atom. The molecule has 86 valence electrons. The van der Waals surface area contributed by atoms with Gasteiger partial charge in [0.15, 0.2) is 0 Å². The lowest BCUT2D eigenvalue weighted by Gasteiger charge is -2.00. The van der Waals surface area contributed by atoms with Crippen molar-refractivity contribution in [3.05, 3.63) is 39.9 Å². The van der Waals surface area contributed by atoms with E-state index in [1.165, 1.54) is 23.9 Å². The number of hydrogen-bond acceptors (Lipinski definition) is 5. The van der Waals surface area contributed by atoms with Gasteiger partial charge in [-0.25, -0.2) is 5.84 Å². The van der Waals surface area contributed by atoms with Crippen molar-refractivity contribution >= 4 is 23.4 Å². The Balaban J connectivity index is 2.43. The summed E-state index contributed by atoms with van der Waals surface area (Å²) in [5, 5.41) is 10.4. The Morgan fingerprint density at radius 3 is 2.56 bits per heavy atom. The van der Waals surface area contributed by atoms with Crippen molar-refractivity contribution in [2.75, 3.05) is 5.75 Å². The van der Waals surface area contributed by atoms with Crippen LogP contribution in [0.25, 0.3) is 0 Å². The van der Waals surface area contributed by atoms with E-state index in [4.69, 9.17) is 5.84 Å². The van der Waals surface area contributed by atoms with E-state index < -0.39 is 4.92 Å². The van der Waals surface area contributed by atoms with Gasteiger partial charge in [-0.15, -0.1) is 11.8 Å². The molecule has 0 bridgehead atoms. The zero-order chi connectivity index (χ0) is 12.0. The zero-order valence-electron chi connectivity index (χ0n) is 8.38. The molecule has 1 aromatic rings. The summed E-state index contributed by atoms with van der Waals surface area (Å²) >= 11 is 1.39. The van der Waals surface area contributed by atoms with Crippen LogP contribution >= 0.6 is 11.8 Å². The highest BCUT2D eigenvalue weighted by Gasteiger charge is 2.04. The van der Waals surface area contributed by atoms with Gasteiger partial charge in [-0.05, 0) is 5.56 Å². The molecule has 1 amide bonds. The minimum absolute atomic E-state index is 0.0634. The zero-order valence-corrected chi connectivity index (χ0v) is 9.20. The normalized spacial score (nSPS) is 9.81. The number of hydrogen-bond donors (Lipinski definition) is 2. The van der Waals surface area contributed by atoms with Crippen LogP contribution < -0.4 is 11.3 Å². The molecule has 16 heavy (non-hydrogen) atoms. The van der Waals surface area contributed by atoms with Gasteiger partial charge < -0.3 is 0 Å². The number of benzene rings is 1. The van der Waals surface area contributed by atoms with E-state index in [0.717, 1.165) is 5.56 Å². The summed E-state index contributed by atoms with van der Waals surface area (Å²) in [6, 6.07) is 6.23. The molecule has 0 aromatic heterocycles. The molecule has 0 saturated heterocycles. The fourth-order valence-electron chi connectivity index (χ4n) is 1.02. The van der Waals surface area contributed by atoms with Crippen molar-refractivity contribution in [1.82, 2.24) is 5.43 Å². The molecule has 1 rings (SSSR count). The third kappa shape index (κ3) is 3.87. The first-order valence-corrected chi connectivity index (χ1v) is 5.59. The molecular weight excluding hydrogens is 230 g/mol. The van der Waals surface area contributed by atoms with E-state index in [-0.39, 0.29) is 17.3 Å². The van der Waals surface area contributed by atoms with Crippen molar-refractivity contribution in [2.24, 2.45) is 5.84 Å². The smallest absolute Gasteiger partial charge is 0.269 e. The number of carbonyl (C=O) groups excluding carboxylic acids is 1. The van der Waals surface area contributed by atoms with Crippen LogP contribution in [0.2, 0.25) is 0 Å². The van der Waals surface area contributed by atoms with Crippen molar-refractivity contribution in [3.8, 4) is 0 Å². The molecule has 0 atom stereocenters. The highest BCUT2D eigenvalue weighted by Crippen LogP contribution is 2.16. The quantitative estimate of drug-likeness (QED) is 0.344. The van der Waals surface area contributed by atoms with E-state index in [1.807, 2.05) is 5.43 Å². The van der Waals surface area contributed by atoms with Crippen LogP contribution in [-0.4, -0.2) is 16.6 Å². The Bertz CT molecular complexity index is 380. The maximum atomic E-state index is 10.8. The summed E-state index contributed by atoms with van der Waals surface area (Å²) in [7, 11) is 0. The Kier molecular flexibility index (Phi) is 4.74. The second kappa shape index (κ2) is 6.09. The number of carbonyl (C=O) groups is 1. The maximum Gasteiger partial charge on any atom is 0.269 e. The van der Waals surface area contributed by atoms with Gasteiger partial charge in [0.05, 0.1) is 10.7 Å². The van der Waals surface area contributed by atoms with Gasteiger partial charge >= 0.3 is 0 Å². The second-order valence-electron chi connectivity index (χ2n) is 2.98. The van der Waals surface area contributed by atoms with E-state index in [9.17, 15) is 14.9 Å². The van der Waals surface area contributed by atoms with Crippen LogP contribution in [-0.2, 0) is 10.5 Å². The average Bonchev–Trinajstić information content (AvgIpc) is 2.29. The average molecular weight is 241 g/mol. The molecule has 0 aliphatic carbocycles. The Morgan fingerprint density at radius 1 is 1.44 bits per heavy atom. The van der Waals surface area contributed by atoms with E-state index in [2.05, 4.69) is 0 Å². The Labute approximate surface area is 96.3 Å². The van der Waals surface area contributed by atoms with Gasteiger partial charge in [0.1, 0.15) is 0 Å². The number of nitrogens with one attached hydrogen (secondary N) is 1. The molecule has 0 saturated carbocycles. The van der Waals surface area contributed by atoms with Crippen molar-refractivity contribution in [2.45, 2.75) is 5.75 Å². The van der Waals surface area contributed by atoms with Crippen molar-refractivity contribution < 1.29 is 9.72 Å². The molecule has 3 N–H and O–H groups in total. The lowest BCUT2D eigenvalue weighted by Crippen LogP contribution is -2.31. The van der Waals surface area contributed by atoms with Gasteiger partial charge in [0, 0.05) is 17.9 Å². The fourth-order valence-corrected chi connectivity index (χ4v) is 1.82. The van der Waals surface area contributed by atoms with Gasteiger partial charge in [-0.2, -0.15) is 0 Å². The molecule has 6 nitrogen and oxygen atoms in total. The largest absolute Gasteiger partial charge is 0.294 e. The first kappa shape index (κ1) is 12.5. The van der Waals surface area contributed by atoms with Crippen LogP contribution in [0.4, 0.5) is 5.69 Å². The molecule has 0 aliphatic rings. The van der Waals surface area contributed by atoms with E-state index >= 15 is 0 Å². The number of thioether (sulfide) groups is 1. The standard InChI is InChI=1S/C9H11N3O3S/c10-11-9(13)6-16-5-7-1-3-8(4-2-7)12(14)15/h1-4H,5-6,10H2,(H,11,13). The molecule has 0 aliphatic heterocycles. The molecule has 0 spiro atoms. The minimum atomic E-state index is -0.446. The number of nitro groups is 1. The summed E-state index contributed by atoms with van der Waals surface area (Å²) in [5.41, 5.74) is 3.02. The van der Waals surface area contributed by atoms with Crippen molar-refractivity contribution in [3.63, 3.8) is 0 Å². The number of nitro benzene ring substituents is 1. The highest BCUT2D eigenvalue weighted by atomic mass is 32.2. The number of hydrazine groups is 1. The lowest BCUT2D eigenvalue weighted by atomic mass is 10.2. The van der Waals surface area contributed by atoms with Crippen LogP contribution in [0, 0.1) is 10.1 Å². The minimum Gasteiger partial charge on any atom is -0.294 e. The van der Waals surface area contributed by atoms with Crippen molar-refractivity contribution in [1.29, 1.82) is 0 Å². The molecule has 0 unspecified atom stereocenters. The van der Waals surface area contributed by atoms with Gasteiger partial charge in [-0.3, -0.25) is 20.3 Å². The molecule has 1 aromatic carbocycles. The Hall–Kier alpha value is -1.60. The summed E-state index contributed by atoms with van der Waals surface area (Å²) < 4.78 is 0. The SMILES string of the molecule is NNC(=O)CSCc1ccc([N+](=O)[O-])cc1. The summed E-state index contributed by atoms with van der Waals surface area (Å²) in [6.07, 6.45) is 0. The monoisotopic (exact) mass is 241 g/mol. The first-order valence-electron chi connectivity index (χ1n) is 4.44. The summed E-state index contributed by atoms with van der Waals surface area (Å²) in [6.45, 7) is 0. The van der Waals surface area contributed by atoms with Crippen LogP contribution in [0.1, 0.15) is 5.56 Å². The topological polar surface area (TPSA) is 98.3 Å².